The van der Waals surface area contributed by atoms with Crippen molar-refractivity contribution in [2.75, 3.05) is 6.61 Å². The van der Waals surface area contributed by atoms with Crippen LogP contribution in [-0.2, 0) is 6.42 Å². The molecule has 0 radical (unpaired) electrons. The molecule has 20 heavy (non-hydrogen) atoms. The van der Waals surface area contributed by atoms with Crippen LogP contribution in [0.15, 0.2) is 24.3 Å². The number of pyridine rings is 1. The predicted octanol–water partition coefficient (Wildman–Crippen LogP) is 3.36. The highest BCUT2D eigenvalue weighted by atomic mass is 16.3. The van der Waals surface area contributed by atoms with Crippen LogP contribution in [0.3, 0.4) is 0 Å². The van der Waals surface area contributed by atoms with E-state index < -0.39 is 0 Å². The molecule has 0 fully saturated rings. The maximum absolute atomic E-state index is 9.02. The van der Waals surface area contributed by atoms with Crippen LogP contribution in [0.5, 0.6) is 0 Å². The normalized spacial score (nSPS) is 12.7. The Labute approximate surface area is 121 Å². The molecular weight excluding hydrogens is 248 g/mol. The number of hydrogen-bond donors (Lipinski definition) is 1. The maximum atomic E-state index is 9.02. The highest BCUT2D eigenvalue weighted by molar-refractivity contribution is 5.35. The quantitative estimate of drug-likeness (QED) is 0.906. The summed E-state index contributed by atoms with van der Waals surface area (Å²) in [7, 11) is 0. The van der Waals surface area contributed by atoms with E-state index in [9.17, 15) is 0 Å². The first-order valence-corrected chi connectivity index (χ1v) is 7.25. The molecule has 2 aromatic heterocycles. The van der Waals surface area contributed by atoms with Crippen LogP contribution < -0.4 is 0 Å². The number of hydrogen-bond acceptors (Lipinski definition) is 2. The van der Waals surface area contributed by atoms with Gasteiger partial charge in [0.1, 0.15) is 5.82 Å². The summed E-state index contributed by atoms with van der Waals surface area (Å²) in [6.45, 7) is 8.72. The lowest BCUT2D eigenvalue weighted by Crippen LogP contribution is -2.08. The van der Waals surface area contributed by atoms with Gasteiger partial charge in [-0.1, -0.05) is 6.92 Å². The van der Waals surface area contributed by atoms with Crippen molar-refractivity contribution in [2.24, 2.45) is 5.92 Å². The molecule has 108 valence electrons. The molecule has 1 atom stereocenters. The summed E-state index contributed by atoms with van der Waals surface area (Å²) in [6.07, 6.45) is 1.74. The number of aliphatic hydroxyl groups excluding tert-OH is 1. The average Bonchev–Trinajstić information content (AvgIpc) is 2.68. The molecule has 0 saturated carbocycles. The number of nitrogens with zero attached hydrogens (tertiary/aromatic N) is 2. The van der Waals surface area contributed by atoms with E-state index >= 15 is 0 Å². The lowest BCUT2D eigenvalue weighted by molar-refractivity contribution is 0.262. The van der Waals surface area contributed by atoms with Gasteiger partial charge in [-0.15, -0.1) is 0 Å². The molecule has 0 saturated heterocycles. The van der Waals surface area contributed by atoms with Gasteiger partial charge in [-0.2, -0.15) is 0 Å². The molecule has 0 aliphatic heterocycles. The van der Waals surface area contributed by atoms with E-state index in [0.29, 0.717) is 5.92 Å². The van der Waals surface area contributed by atoms with Gasteiger partial charge in [0.05, 0.1) is 0 Å². The van der Waals surface area contributed by atoms with Crippen molar-refractivity contribution in [3.63, 3.8) is 0 Å². The largest absolute Gasteiger partial charge is 0.396 e. The third kappa shape index (κ3) is 3.28. The number of rotatable bonds is 5. The van der Waals surface area contributed by atoms with E-state index in [1.165, 1.54) is 17.0 Å². The Morgan fingerprint density at radius 1 is 1.15 bits per heavy atom. The SMILES string of the molecule is Cc1cc(CC(C)CCO)nc(-n2c(C)ccc2C)c1. The van der Waals surface area contributed by atoms with Crippen molar-refractivity contribution >= 4 is 0 Å². The maximum Gasteiger partial charge on any atom is 0.137 e. The van der Waals surface area contributed by atoms with E-state index in [2.05, 4.69) is 56.5 Å². The van der Waals surface area contributed by atoms with Crippen LogP contribution in [0.1, 0.15) is 36.0 Å². The first-order valence-electron chi connectivity index (χ1n) is 7.25. The van der Waals surface area contributed by atoms with Crippen molar-refractivity contribution in [3.05, 3.63) is 46.9 Å². The van der Waals surface area contributed by atoms with Crippen molar-refractivity contribution in [3.8, 4) is 5.82 Å². The van der Waals surface area contributed by atoms with Gasteiger partial charge < -0.3 is 9.67 Å². The molecular formula is C17H24N2O. The topological polar surface area (TPSA) is 38.1 Å². The van der Waals surface area contributed by atoms with E-state index in [1.807, 2.05) is 0 Å². The molecule has 3 nitrogen and oxygen atoms in total. The molecule has 2 rings (SSSR count). The van der Waals surface area contributed by atoms with Gasteiger partial charge in [0, 0.05) is 23.7 Å². The molecule has 1 N–H and O–H groups in total. The fraction of sp³-hybridized carbons (Fsp3) is 0.471. The molecule has 2 heterocycles. The highest BCUT2D eigenvalue weighted by Crippen LogP contribution is 2.18. The summed E-state index contributed by atoms with van der Waals surface area (Å²) in [5.41, 5.74) is 4.74. The molecule has 0 aliphatic carbocycles. The minimum Gasteiger partial charge on any atom is -0.396 e. The Morgan fingerprint density at radius 3 is 2.40 bits per heavy atom. The van der Waals surface area contributed by atoms with Crippen LogP contribution in [-0.4, -0.2) is 21.3 Å². The first kappa shape index (κ1) is 14.8. The van der Waals surface area contributed by atoms with Crippen LogP contribution in [0.25, 0.3) is 5.82 Å². The zero-order valence-electron chi connectivity index (χ0n) is 12.8. The second-order valence-electron chi connectivity index (χ2n) is 5.77. The van der Waals surface area contributed by atoms with Crippen molar-refractivity contribution in [1.29, 1.82) is 0 Å². The summed E-state index contributed by atoms with van der Waals surface area (Å²) in [4.78, 5) is 4.80. The van der Waals surface area contributed by atoms with Crippen molar-refractivity contribution in [2.45, 2.75) is 40.5 Å². The molecule has 2 aromatic rings. The smallest absolute Gasteiger partial charge is 0.137 e. The third-order valence-corrected chi connectivity index (χ3v) is 3.69. The van der Waals surface area contributed by atoms with Gasteiger partial charge >= 0.3 is 0 Å². The summed E-state index contributed by atoms with van der Waals surface area (Å²) in [6, 6.07) is 8.51. The van der Waals surface area contributed by atoms with Crippen molar-refractivity contribution in [1.82, 2.24) is 9.55 Å². The summed E-state index contributed by atoms with van der Waals surface area (Å²) in [5, 5.41) is 9.02. The molecule has 0 bridgehead atoms. The van der Waals surface area contributed by atoms with Crippen molar-refractivity contribution < 1.29 is 5.11 Å². The Hall–Kier alpha value is -1.61. The van der Waals surface area contributed by atoms with Gasteiger partial charge in [-0.05, 0) is 69.4 Å². The van der Waals surface area contributed by atoms with Gasteiger partial charge in [0.25, 0.3) is 0 Å². The van der Waals surface area contributed by atoms with E-state index in [0.717, 1.165) is 24.4 Å². The number of aryl methyl sites for hydroxylation is 3. The fourth-order valence-electron chi connectivity index (χ4n) is 2.65. The molecule has 1 unspecified atom stereocenters. The summed E-state index contributed by atoms with van der Waals surface area (Å²) < 4.78 is 2.19. The average molecular weight is 272 g/mol. The molecule has 3 heteroatoms. The second kappa shape index (κ2) is 6.23. The highest BCUT2D eigenvalue weighted by Gasteiger charge is 2.10. The molecule has 0 spiro atoms. The minimum atomic E-state index is 0.246. The molecule has 0 aliphatic rings. The fourth-order valence-corrected chi connectivity index (χ4v) is 2.65. The van der Waals surface area contributed by atoms with Gasteiger partial charge in [-0.25, -0.2) is 4.98 Å². The number of aliphatic hydroxyl groups is 1. The van der Waals surface area contributed by atoms with Gasteiger partial charge in [-0.3, -0.25) is 0 Å². The van der Waals surface area contributed by atoms with E-state index in [4.69, 9.17) is 10.1 Å². The third-order valence-electron chi connectivity index (χ3n) is 3.69. The number of aromatic nitrogens is 2. The van der Waals surface area contributed by atoms with Gasteiger partial charge in [0.2, 0.25) is 0 Å². The minimum absolute atomic E-state index is 0.246. The van der Waals surface area contributed by atoms with Gasteiger partial charge in [0.15, 0.2) is 0 Å². The zero-order valence-corrected chi connectivity index (χ0v) is 12.8. The summed E-state index contributed by atoms with van der Waals surface area (Å²) in [5.74, 6) is 1.45. The van der Waals surface area contributed by atoms with E-state index in [1.54, 1.807) is 0 Å². The standard InChI is InChI=1S/C17H24N2O/c1-12(7-8-20)9-16-10-13(2)11-17(18-16)19-14(3)5-6-15(19)4/h5-6,10-12,20H,7-9H2,1-4H3. The Bertz CT molecular complexity index is 567. The van der Waals surface area contributed by atoms with Crippen LogP contribution >= 0.6 is 0 Å². The Kier molecular flexibility index (Phi) is 4.61. The summed E-state index contributed by atoms with van der Waals surface area (Å²) >= 11 is 0. The lowest BCUT2D eigenvalue weighted by atomic mass is 10.0. The Morgan fingerprint density at radius 2 is 1.80 bits per heavy atom. The monoisotopic (exact) mass is 272 g/mol. The van der Waals surface area contributed by atoms with Crippen LogP contribution in [0.2, 0.25) is 0 Å². The van der Waals surface area contributed by atoms with Crippen LogP contribution in [0.4, 0.5) is 0 Å². The van der Waals surface area contributed by atoms with Crippen LogP contribution in [0, 0.1) is 26.7 Å². The second-order valence-corrected chi connectivity index (χ2v) is 5.77. The first-order chi connectivity index (χ1) is 9.51. The molecule has 0 amide bonds. The molecule has 0 aromatic carbocycles. The lowest BCUT2D eigenvalue weighted by Gasteiger charge is -2.14. The zero-order chi connectivity index (χ0) is 14.7. The predicted molar refractivity (Wildman–Crippen MR) is 82.3 cm³/mol. The van der Waals surface area contributed by atoms with E-state index in [-0.39, 0.29) is 6.61 Å². The Balaban J connectivity index is 2.34.